The molecule has 1 atom stereocenters. The Kier molecular flexibility index (Phi) is 5.98. The van der Waals surface area contributed by atoms with Crippen molar-refractivity contribution in [3.8, 4) is 0 Å². The van der Waals surface area contributed by atoms with Crippen LogP contribution in [-0.2, 0) is 22.6 Å². The third kappa shape index (κ3) is 3.95. The van der Waals surface area contributed by atoms with Crippen LogP contribution in [0.15, 0.2) is 18.2 Å². The molecule has 5 nitrogen and oxygen atoms in total. The summed E-state index contributed by atoms with van der Waals surface area (Å²) in [4.78, 5) is 23.2. The Hall–Kier alpha value is -1.59. The Bertz CT molecular complexity index is 505. The molecule has 0 aliphatic carbocycles. The predicted octanol–water partition coefficient (Wildman–Crippen LogP) is 1.39. The molecule has 6 heteroatoms. The summed E-state index contributed by atoms with van der Waals surface area (Å²) in [6.45, 7) is 3.44. The fourth-order valence-electron chi connectivity index (χ4n) is 2.13. The topological polar surface area (TPSA) is 67.4 Å². The number of esters is 1. The minimum Gasteiger partial charge on any atom is -0.469 e. The van der Waals surface area contributed by atoms with Gasteiger partial charge in [0, 0.05) is 24.7 Å². The van der Waals surface area contributed by atoms with Crippen molar-refractivity contribution in [2.75, 3.05) is 7.11 Å². The van der Waals surface area contributed by atoms with Crippen LogP contribution in [0.1, 0.15) is 34.8 Å². The van der Waals surface area contributed by atoms with Crippen molar-refractivity contribution in [3.05, 3.63) is 34.9 Å². The van der Waals surface area contributed by atoms with E-state index >= 15 is 0 Å². The number of hydrogen-bond donors (Lipinski definition) is 2. The molecule has 110 valence electrons. The molecule has 0 radical (unpaired) electrons. The molecule has 1 aromatic rings. The van der Waals surface area contributed by atoms with E-state index in [4.69, 9.17) is 0 Å². The van der Waals surface area contributed by atoms with E-state index in [0.717, 1.165) is 18.7 Å². The highest BCUT2D eigenvalue weighted by atomic mass is 35.5. The highest BCUT2D eigenvalue weighted by molar-refractivity contribution is 5.95. The first-order valence-corrected chi connectivity index (χ1v) is 6.30. The molecule has 1 amide bonds. The molecule has 1 heterocycles. The van der Waals surface area contributed by atoms with Gasteiger partial charge >= 0.3 is 5.97 Å². The predicted molar refractivity (Wildman–Crippen MR) is 77.8 cm³/mol. The average molecular weight is 299 g/mol. The lowest BCUT2D eigenvalue weighted by molar-refractivity contribution is -0.141. The number of benzene rings is 1. The number of carbonyl (C=O) groups is 2. The first-order chi connectivity index (χ1) is 9.10. The van der Waals surface area contributed by atoms with Crippen molar-refractivity contribution in [1.82, 2.24) is 10.6 Å². The Morgan fingerprint density at radius 3 is 2.75 bits per heavy atom. The first-order valence-electron chi connectivity index (χ1n) is 6.30. The number of carbonyl (C=O) groups excluding carboxylic acids is 2. The number of ether oxygens (including phenoxy) is 1. The molecule has 0 saturated carbocycles. The summed E-state index contributed by atoms with van der Waals surface area (Å²) >= 11 is 0. The summed E-state index contributed by atoms with van der Waals surface area (Å²) in [6.07, 6.45) is 0.175. The van der Waals surface area contributed by atoms with E-state index < -0.39 is 0 Å². The Labute approximate surface area is 124 Å². The van der Waals surface area contributed by atoms with Gasteiger partial charge in [0.2, 0.25) is 0 Å². The third-order valence-electron chi connectivity index (χ3n) is 3.18. The minimum atomic E-state index is -0.328. The standard InChI is InChI=1S/C14H18N2O3.ClH/c1-9(5-13(17)19-2)16-14(18)10-3-4-11-7-15-8-12(11)6-10;/h3-4,6,9,15H,5,7-8H2,1-2H3,(H,16,18);1H. The molecule has 2 N–H and O–H groups in total. The summed E-state index contributed by atoms with van der Waals surface area (Å²) in [5.74, 6) is -0.489. The van der Waals surface area contributed by atoms with Crippen molar-refractivity contribution in [2.45, 2.75) is 32.5 Å². The highest BCUT2D eigenvalue weighted by Gasteiger charge is 2.16. The van der Waals surface area contributed by atoms with Crippen LogP contribution in [0.5, 0.6) is 0 Å². The lowest BCUT2D eigenvalue weighted by atomic mass is 10.1. The second-order valence-corrected chi connectivity index (χ2v) is 4.74. The van der Waals surface area contributed by atoms with Gasteiger partial charge in [-0.1, -0.05) is 6.07 Å². The molecule has 1 aromatic carbocycles. The maximum Gasteiger partial charge on any atom is 0.307 e. The zero-order valence-corrected chi connectivity index (χ0v) is 12.4. The number of nitrogens with one attached hydrogen (secondary N) is 2. The van der Waals surface area contributed by atoms with Crippen LogP contribution in [0, 0.1) is 0 Å². The van der Waals surface area contributed by atoms with Crippen LogP contribution in [-0.4, -0.2) is 25.0 Å². The van der Waals surface area contributed by atoms with Gasteiger partial charge in [-0.25, -0.2) is 0 Å². The van der Waals surface area contributed by atoms with Crippen LogP contribution < -0.4 is 10.6 Å². The van der Waals surface area contributed by atoms with Gasteiger partial charge in [0.05, 0.1) is 13.5 Å². The minimum absolute atomic E-state index is 0. The van der Waals surface area contributed by atoms with Gasteiger partial charge in [-0.15, -0.1) is 12.4 Å². The number of methoxy groups -OCH3 is 1. The molecule has 1 aliphatic heterocycles. The number of rotatable bonds is 4. The largest absolute Gasteiger partial charge is 0.469 e. The normalized spacial score (nSPS) is 13.9. The van der Waals surface area contributed by atoms with Crippen molar-refractivity contribution >= 4 is 24.3 Å². The maximum atomic E-state index is 12.0. The van der Waals surface area contributed by atoms with E-state index in [1.807, 2.05) is 18.2 Å². The van der Waals surface area contributed by atoms with E-state index in [9.17, 15) is 9.59 Å². The summed E-state index contributed by atoms with van der Waals surface area (Å²) < 4.78 is 4.57. The van der Waals surface area contributed by atoms with E-state index in [0.29, 0.717) is 5.56 Å². The maximum absolute atomic E-state index is 12.0. The number of amides is 1. The molecular weight excluding hydrogens is 280 g/mol. The van der Waals surface area contributed by atoms with E-state index in [1.165, 1.54) is 12.7 Å². The number of hydrogen-bond acceptors (Lipinski definition) is 4. The third-order valence-corrected chi connectivity index (χ3v) is 3.18. The zero-order chi connectivity index (χ0) is 13.8. The molecule has 0 spiro atoms. The fraction of sp³-hybridized carbons (Fsp3) is 0.429. The van der Waals surface area contributed by atoms with Crippen LogP contribution in [0.4, 0.5) is 0 Å². The van der Waals surface area contributed by atoms with Crippen molar-refractivity contribution in [1.29, 1.82) is 0 Å². The van der Waals surface area contributed by atoms with Gasteiger partial charge in [-0.05, 0) is 30.2 Å². The molecule has 1 unspecified atom stereocenters. The zero-order valence-electron chi connectivity index (χ0n) is 11.6. The molecular formula is C14H19ClN2O3. The molecule has 0 saturated heterocycles. The monoisotopic (exact) mass is 298 g/mol. The Balaban J connectivity index is 0.00000200. The molecule has 2 rings (SSSR count). The summed E-state index contributed by atoms with van der Waals surface area (Å²) in [5.41, 5.74) is 3.02. The average Bonchev–Trinajstić information content (AvgIpc) is 2.85. The second kappa shape index (κ2) is 7.26. The lowest BCUT2D eigenvalue weighted by Crippen LogP contribution is -2.34. The lowest BCUT2D eigenvalue weighted by Gasteiger charge is -2.13. The van der Waals surface area contributed by atoms with Crippen LogP contribution in [0.3, 0.4) is 0 Å². The van der Waals surface area contributed by atoms with Crippen LogP contribution >= 0.6 is 12.4 Å². The van der Waals surface area contributed by atoms with Gasteiger partial charge in [0.15, 0.2) is 0 Å². The molecule has 0 aromatic heterocycles. The van der Waals surface area contributed by atoms with Crippen LogP contribution in [0.25, 0.3) is 0 Å². The van der Waals surface area contributed by atoms with E-state index in [1.54, 1.807) is 6.92 Å². The van der Waals surface area contributed by atoms with Gasteiger partial charge in [-0.3, -0.25) is 9.59 Å². The first kappa shape index (κ1) is 16.5. The molecule has 0 bridgehead atoms. The molecule has 1 aliphatic rings. The second-order valence-electron chi connectivity index (χ2n) is 4.74. The Morgan fingerprint density at radius 1 is 1.35 bits per heavy atom. The summed E-state index contributed by atoms with van der Waals surface area (Å²) in [6, 6.07) is 5.43. The number of halogens is 1. The van der Waals surface area contributed by atoms with Gasteiger partial charge in [0.1, 0.15) is 0 Å². The van der Waals surface area contributed by atoms with E-state index in [-0.39, 0.29) is 36.7 Å². The Morgan fingerprint density at radius 2 is 2.05 bits per heavy atom. The van der Waals surface area contributed by atoms with Crippen molar-refractivity contribution in [3.63, 3.8) is 0 Å². The van der Waals surface area contributed by atoms with Gasteiger partial charge < -0.3 is 15.4 Å². The van der Waals surface area contributed by atoms with Crippen molar-refractivity contribution in [2.24, 2.45) is 0 Å². The summed E-state index contributed by atoms with van der Waals surface area (Å²) in [5, 5.41) is 6.03. The quantitative estimate of drug-likeness (QED) is 0.825. The van der Waals surface area contributed by atoms with Gasteiger partial charge in [0.25, 0.3) is 5.91 Å². The number of fused-ring (bicyclic) bond motifs is 1. The van der Waals surface area contributed by atoms with E-state index in [2.05, 4.69) is 15.4 Å². The molecule has 20 heavy (non-hydrogen) atoms. The smallest absolute Gasteiger partial charge is 0.307 e. The molecule has 0 fully saturated rings. The van der Waals surface area contributed by atoms with Gasteiger partial charge in [-0.2, -0.15) is 0 Å². The summed E-state index contributed by atoms with van der Waals surface area (Å²) in [7, 11) is 1.34. The highest BCUT2D eigenvalue weighted by Crippen LogP contribution is 2.17. The SMILES string of the molecule is COC(=O)CC(C)NC(=O)c1ccc2c(c1)CNC2.Cl. The fourth-order valence-corrected chi connectivity index (χ4v) is 2.13. The van der Waals surface area contributed by atoms with Crippen molar-refractivity contribution < 1.29 is 14.3 Å². The van der Waals surface area contributed by atoms with Crippen LogP contribution in [0.2, 0.25) is 0 Å².